The molecule has 8 heteroatoms. The zero-order valence-corrected chi connectivity index (χ0v) is 14.9. The lowest BCUT2D eigenvalue weighted by Crippen LogP contribution is -2.30. The molecule has 0 spiro atoms. The zero-order valence-electron chi connectivity index (χ0n) is 11.9. The summed E-state index contributed by atoms with van der Waals surface area (Å²) in [6, 6.07) is 14.6. The fourth-order valence-electron chi connectivity index (χ4n) is 1.97. The first-order valence-corrected chi connectivity index (χ1v) is 8.63. The van der Waals surface area contributed by atoms with Crippen molar-refractivity contribution in [3.05, 3.63) is 46.0 Å². The van der Waals surface area contributed by atoms with Gasteiger partial charge in [0.05, 0.1) is 7.11 Å². The van der Waals surface area contributed by atoms with Gasteiger partial charge in [-0.1, -0.05) is 12.1 Å². The van der Waals surface area contributed by atoms with E-state index in [1.807, 2.05) is 12.1 Å². The van der Waals surface area contributed by atoms with Crippen LogP contribution in [0.4, 0.5) is 0 Å². The molecular formula is C14H14IN2O4S+. The molecule has 6 nitrogen and oxygen atoms in total. The third kappa shape index (κ3) is 4.09. The minimum atomic E-state index is -4.16. The Morgan fingerprint density at radius 3 is 2.36 bits per heavy atom. The third-order valence-electron chi connectivity index (χ3n) is 2.99. The largest absolute Gasteiger partial charge is 0.397 e. The maximum absolute atomic E-state index is 9.33. The Morgan fingerprint density at radius 2 is 1.73 bits per heavy atom. The van der Waals surface area contributed by atoms with Crippen molar-refractivity contribution in [3.8, 4) is 0 Å². The van der Waals surface area contributed by atoms with E-state index in [1.54, 1.807) is 0 Å². The van der Waals surface area contributed by atoms with Crippen LogP contribution in [0.2, 0.25) is 0 Å². The van der Waals surface area contributed by atoms with Gasteiger partial charge in [0, 0.05) is 15.7 Å². The Morgan fingerprint density at radius 1 is 1.14 bits per heavy atom. The first-order chi connectivity index (χ1) is 10.3. The predicted octanol–water partition coefficient (Wildman–Crippen LogP) is 2.25. The highest BCUT2D eigenvalue weighted by molar-refractivity contribution is 14.1. The summed E-state index contributed by atoms with van der Waals surface area (Å²) in [6.45, 7) is 0. The molecular weight excluding hydrogens is 419 g/mol. The lowest BCUT2D eigenvalue weighted by Gasteiger charge is -2.01. The number of benzene rings is 2. The molecule has 1 heterocycles. The summed E-state index contributed by atoms with van der Waals surface area (Å²) in [5.41, 5.74) is 4.42. The highest BCUT2D eigenvalue weighted by Crippen LogP contribution is 2.16. The lowest BCUT2D eigenvalue weighted by atomic mass is 10.2. The molecule has 0 unspecified atom stereocenters. The smallest absolute Gasteiger partial charge is 0.264 e. The summed E-state index contributed by atoms with van der Waals surface area (Å²) in [5.74, 6) is 0. The van der Waals surface area contributed by atoms with Gasteiger partial charge in [-0.25, -0.2) is 4.98 Å². The van der Waals surface area contributed by atoms with Crippen molar-refractivity contribution in [3.63, 3.8) is 0 Å². The van der Waals surface area contributed by atoms with E-state index < -0.39 is 10.4 Å². The third-order valence-corrected chi connectivity index (χ3v) is 4.09. The van der Waals surface area contributed by atoms with Gasteiger partial charge in [-0.15, -0.1) is 0 Å². The van der Waals surface area contributed by atoms with Gasteiger partial charge < -0.3 is 0 Å². The minimum absolute atomic E-state index is 0.870. The molecule has 0 aliphatic rings. The molecule has 0 amide bonds. The van der Waals surface area contributed by atoms with Gasteiger partial charge in [0.2, 0.25) is 11.0 Å². The number of aryl methyl sites for hydroxylation is 1. The lowest BCUT2D eigenvalue weighted by molar-refractivity contribution is -0.617. The van der Waals surface area contributed by atoms with Gasteiger partial charge in [0.25, 0.3) is 0 Å². The topological polar surface area (TPSA) is 80.4 Å². The van der Waals surface area contributed by atoms with Gasteiger partial charge in [-0.05, 0) is 40.8 Å². The summed E-state index contributed by atoms with van der Waals surface area (Å²) in [7, 11) is -1.21. The molecule has 116 valence electrons. The van der Waals surface area contributed by atoms with E-state index >= 15 is 0 Å². The number of hydrogen-bond donors (Lipinski definition) is 1. The Hall–Kier alpha value is -1.36. The Bertz CT molecular complexity index is 929. The number of aromatic nitrogens is 2. The van der Waals surface area contributed by atoms with E-state index in [-0.39, 0.29) is 0 Å². The normalized spacial score (nSPS) is 11.3. The van der Waals surface area contributed by atoms with Crippen LogP contribution in [-0.2, 0) is 21.6 Å². The van der Waals surface area contributed by atoms with Crippen molar-refractivity contribution in [2.75, 3.05) is 7.11 Å². The maximum atomic E-state index is 9.33. The van der Waals surface area contributed by atoms with Crippen LogP contribution >= 0.6 is 22.6 Å². The summed E-state index contributed by atoms with van der Waals surface area (Å²) in [4.78, 5) is 4.67. The first kappa shape index (κ1) is 17.0. The highest BCUT2D eigenvalue weighted by atomic mass is 127. The van der Waals surface area contributed by atoms with Crippen molar-refractivity contribution >= 4 is 55.1 Å². The summed E-state index contributed by atoms with van der Waals surface area (Å²) < 4.78 is 33.1. The molecule has 0 saturated carbocycles. The molecule has 1 N–H and O–H groups in total. The SMILES string of the molecule is COS(=O)(=O)O.C[n+]1c2ccccc2nc2cc(I)ccc21. The van der Waals surface area contributed by atoms with E-state index in [2.05, 4.69) is 73.7 Å². The number of hydrogen-bond acceptors (Lipinski definition) is 4. The van der Waals surface area contributed by atoms with Crippen molar-refractivity contribution in [2.45, 2.75) is 0 Å². The molecule has 3 aromatic rings. The number of para-hydroxylation sites is 2. The van der Waals surface area contributed by atoms with Crippen molar-refractivity contribution in [2.24, 2.45) is 7.05 Å². The molecule has 0 aliphatic carbocycles. The molecule has 22 heavy (non-hydrogen) atoms. The quantitative estimate of drug-likeness (QED) is 0.276. The second kappa shape index (κ2) is 6.82. The molecule has 1 aromatic heterocycles. The predicted molar refractivity (Wildman–Crippen MR) is 91.7 cm³/mol. The van der Waals surface area contributed by atoms with Crippen LogP contribution in [0.1, 0.15) is 0 Å². The number of fused-ring (bicyclic) bond motifs is 2. The van der Waals surface area contributed by atoms with E-state index in [0.717, 1.165) is 23.7 Å². The fourth-order valence-corrected chi connectivity index (χ4v) is 2.45. The average Bonchev–Trinajstić information content (AvgIpc) is 2.47. The summed E-state index contributed by atoms with van der Waals surface area (Å²) in [5, 5.41) is 0. The molecule has 0 atom stereocenters. The highest BCUT2D eigenvalue weighted by Gasteiger charge is 2.11. The second-order valence-corrected chi connectivity index (χ2v) is 6.82. The van der Waals surface area contributed by atoms with Gasteiger partial charge >= 0.3 is 10.4 Å². The van der Waals surface area contributed by atoms with Gasteiger partial charge in [0.15, 0.2) is 0 Å². The number of nitrogens with zero attached hydrogens (tertiary/aromatic N) is 2. The maximum Gasteiger partial charge on any atom is 0.397 e. The van der Waals surface area contributed by atoms with E-state index in [1.165, 1.54) is 9.09 Å². The molecule has 0 radical (unpaired) electrons. The van der Waals surface area contributed by atoms with Crippen LogP contribution in [0.3, 0.4) is 0 Å². The molecule has 0 bridgehead atoms. The van der Waals surface area contributed by atoms with Crippen LogP contribution in [0.15, 0.2) is 42.5 Å². The van der Waals surface area contributed by atoms with Crippen LogP contribution < -0.4 is 4.57 Å². The summed E-state index contributed by atoms with van der Waals surface area (Å²) in [6.07, 6.45) is 0. The Balaban J connectivity index is 0.000000254. The van der Waals surface area contributed by atoms with Gasteiger partial charge in [-0.2, -0.15) is 13.0 Å². The second-order valence-electron chi connectivity index (χ2n) is 4.39. The zero-order chi connectivity index (χ0) is 16.3. The minimum Gasteiger partial charge on any atom is -0.264 e. The first-order valence-electron chi connectivity index (χ1n) is 6.19. The summed E-state index contributed by atoms with van der Waals surface area (Å²) >= 11 is 2.31. The standard InChI is InChI=1S/C13H10IN2.CH4O4S/c1-16-12-5-3-2-4-10(12)15-11-8-9(14)6-7-13(11)16;1-5-6(2,3)4/h2-8H,1H3;1H3,(H,2,3,4)/q+1;. The molecule has 0 saturated heterocycles. The van der Waals surface area contributed by atoms with Crippen molar-refractivity contribution in [1.82, 2.24) is 4.98 Å². The van der Waals surface area contributed by atoms with Gasteiger partial charge in [-0.3, -0.25) is 8.74 Å². The van der Waals surface area contributed by atoms with Crippen molar-refractivity contribution < 1.29 is 21.7 Å². The van der Waals surface area contributed by atoms with Crippen LogP contribution in [0.5, 0.6) is 0 Å². The van der Waals surface area contributed by atoms with Crippen LogP contribution in [0, 0.1) is 3.57 Å². The number of rotatable bonds is 1. The Labute approximate surface area is 141 Å². The number of halogens is 1. The van der Waals surface area contributed by atoms with E-state index in [0.29, 0.717) is 0 Å². The van der Waals surface area contributed by atoms with Crippen molar-refractivity contribution in [1.29, 1.82) is 0 Å². The van der Waals surface area contributed by atoms with Crippen LogP contribution in [0.25, 0.3) is 22.1 Å². The molecule has 0 fully saturated rings. The molecule has 0 aliphatic heterocycles. The fraction of sp³-hybridized carbons (Fsp3) is 0.143. The van der Waals surface area contributed by atoms with Gasteiger partial charge in [0.1, 0.15) is 18.1 Å². The average molecular weight is 433 g/mol. The molecule has 3 rings (SSSR count). The van der Waals surface area contributed by atoms with E-state index in [9.17, 15) is 8.42 Å². The Kier molecular flexibility index (Phi) is 5.27. The van der Waals surface area contributed by atoms with E-state index in [4.69, 9.17) is 4.55 Å². The van der Waals surface area contributed by atoms with Crippen LogP contribution in [-0.4, -0.2) is 25.1 Å². The monoisotopic (exact) mass is 433 g/mol. The molecule has 2 aromatic carbocycles.